The molecule has 4 nitrogen and oxygen atoms in total. The maximum Gasteiger partial charge on any atom is 0.240 e. The van der Waals surface area contributed by atoms with Crippen LogP contribution in [0.2, 0.25) is 0 Å². The molecule has 98 valence electrons. The van der Waals surface area contributed by atoms with Crippen molar-refractivity contribution in [3.8, 4) is 0 Å². The lowest BCUT2D eigenvalue weighted by atomic mass is 10.2. The first-order valence-corrected chi connectivity index (χ1v) is 7.68. The zero-order valence-electron chi connectivity index (χ0n) is 9.84. The van der Waals surface area contributed by atoms with Gasteiger partial charge in [0, 0.05) is 24.2 Å². The lowest BCUT2D eigenvalue weighted by Crippen LogP contribution is -2.32. The van der Waals surface area contributed by atoms with Gasteiger partial charge in [-0.3, -0.25) is 4.79 Å². The molecule has 0 bridgehead atoms. The Morgan fingerprint density at radius 3 is 2.50 bits per heavy atom. The first kappa shape index (κ1) is 14.7. The molecule has 0 aliphatic rings. The Kier molecular flexibility index (Phi) is 5.37. The van der Waals surface area contributed by atoms with Crippen LogP contribution in [0.25, 0.3) is 6.08 Å². The molecule has 1 rings (SSSR count). The number of amides is 1. The van der Waals surface area contributed by atoms with Crippen molar-refractivity contribution < 1.29 is 13.2 Å². The first-order valence-electron chi connectivity index (χ1n) is 5.31. The third kappa shape index (κ3) is 5.33. The summed E-state index contributed by atoms with van der Waals surface area (Å²) in [6.07, 6.45) is 3.13. The number of hydrogen-bond donors (Lipinski definition) is 1. The molecular weight excluding hydrogens is 274 g/mol. The summed E-state index contributed by atoms with van der Waals surface area (Å²) < 4.78 is 22.7. The Morgan fingerprint density at radius 2 is 2.00 bits per heavy atom. The smallest absolute Gasteiger partial charge is 0.240 e. The normalized spacial score (nSPS) is 13.4. The minimum absolute atomic E-state index is 0.0372. The summed E-state index contributed by atoms with van der Waals surface area (Å²) in [6.45, 7) is 1.28. The van der Waals surface area contributed by atoms with Crippen molar-refractivity contribution in [2.24, 2.45) is 0 Å². The van der Waals surface area contributed by atoms with Crippen LogP contribution < -0.4 is 5.32 Å². The molecule has 0 heterocycles. The standard InChI is InChI=1S/C12H14ClNO3S/c1-10(15)14-9-12(18(13,16)17)8-7-11-5-3-2-4-6-11/h2-8,12H,9H2,1H3,(H,14,15). The molecule has 0 aromatic heterocycles. The highest BCUT2D eigenvalue weighted by Crippen LogP contribution is 2.11. The minimum Gasteiger partial charge on any atom is -0.355 e. The number of rotatable bonds is 5. The Labute approximate surface area is 111 Å². The van der Waals surface area contributed by atoms with Crippen LogP contribution in [0.1, 0.15) is 12.5 Å². The highest BCUT2D eigenvalue weighted by atomic mass is 35.7. The second-order valence-electron chi connectivity index (χ2n) is 3.72. The predicted molar refractivity (Wildman–Crippen MR) is 72.7 cm³/mol. The average Bonchev–Trinajstić information content (AvgIpc) is 2.28. The van der Waals surface area contributed by atoms with Gasteiger partial charge in [-0.2, -0.15) is 0 Å². The fourth-order valence-electron chi connectivity index (χ4n) is 1.29. The van der Waals surface area contributed by atoms with Gasteiger partial charge in [-0.05, 0) is 5.56 Å². The third-order valence-corrected chi connectivity index (χ3v) is 3.95. The van der Waals surface area contributed by atoms with Crippen molar-refractivity contribution in [2.45, 2.75) is 12.2 Å². The number of nitrogens with one attached hydrogen (secondary N) is 1. The van der Waals surface area contributed by atoms with E-state index in [1.165, 1.54) is 13.0 Å². The van der Waals surface area contributed by atoms with Gasteiger partial charge in [0.25, 0.3) is 0 Å². The van der Waals surface area contributed by atoms with Gasteiger partial charge in [0.2, 0.25) is 15.0 Å². The van der Waals surface area contributed by atoms with Gasteiger partial charge in [-0.15, -0.1) is 0 Å². The van der Waals surface area contributed by atoms with E-state index in [4.69, 9.17) is 10.7 Å². The van der Waals surface area contributed by atoms with Crippen LogP contribution >= 0.6 is 10.7 Å². The highest BCUT2D eigenvalue weighted by molar-refractivity contribution is 8.14. The SMILES string of the molecule is CC(=O)NCC(C=Cc1ccccc1)S(=O)(=O)Cl. The summed E-state index contributed by atoms with van der Waals surface area (Å²) in [5.41, 5.74) is 0.866. The van der Waals surface area contributed by atoms with Crippen LogP contribution in [0, 0.1) is 0 Å². The summed E-state index contributed by atoms with van der Waals surface area (Å²) in [6, 6.07) is 9.24. The van der Waals surface area contributed by atoms with Gasteiger partial charge in [0.15, 0.2) is 0 Å². The lowest BCUT2D eigenvalue weighted by Gasteiger charge is -2.09. The molecular formula is C12H14ClNO3S. The molecule has 0 aliphatic carbocycles. The number of benzene rings is 1. The molecule has 0 radical (unpaired) electrons. The van der Waals surface area contributed by atoms with E-state index >= 15 is 0 Å². The fraction of sp³-hybridized carbons (Fsp3) is 0.250. The highest BCUT2D eigenvalue weighted by Gasteiger charge is 2.20. The number of carbonyl (C=O) groups is 1. The summed E-state index contributed by atoms with van der Waals surface area (Å²) in [5.74, 6) is -0.298. The number of hydrogen-bond acceptors (Lipinski definition) is 3. The Bertz CT molecular complexity index is 526. The molecule has 0 saturated heterocycles. The molecule has 6 heteroatoms. The van der Waals surface area contributed by atoms with Crippen molar-refractivity contribution in [1.82, 2.24) is 5.32 Å². The molecule has 1 aromatic carbocycles. The van der Waals surface area contributed by atoms with Crippen LogP contribution in [0.15, 0.2) is 36.4 Å². The molecule has 1 aromatic rings. The molecule has 1 atom stereocenters. The largest absolute Gasteiger partial charge is 0.355 e. The van der Waals surface area contributed by atoms with Gasteiger partial charge in [0.05, 0.1) is 0 Å². The Balaban J connectivity index is 2.79. The topological polar surface area (TPSA) is 63.2 Å². The van der Waals surface area contributed by atoms with Gasteiger partial charge in [0.1, 0.15) is 5.25 Å². The second-order valence-corrected chi connectivity index (χ2v) is 6.57. The second kappa shape index (κ2) is 6.56. The third-order valence-electron chi connectivity index (χ3n) is 2.22. The van der Waals surface area contributed by atoms with Gasteiger partial charge >= 0.3 is 0 Å². The number of carbonyl (C=O) groups excluding carboxylic acids is 1. The van der Waals surface area contributed by atoms with Gasteiger partial charge in [-0.25, -0.2) is 8.42 Å². The predicted octanol–water partition coefficient (Wildman–Crippen LogP) is 1.77. The lowest BCUT2D eigenvalue weighted by molar-refractivity contribution is -0.118. The van der Waals surface area contributed by atoms with Crippen molar-refractivity contribution in [1.29, 1.82) is 0 Å². The average molecular weight is 288 g/mol. The summed E-state index contributed by atoms with van der Waals surface area (Å²) >= 11 is 0. The van der Waals surface area contributed by atoms with E-state index < -0.39 is 14.3 Å². The summed E-state index contributed by atoms with van der Waals surface area (Å²) in [4.78, 5) is 10.8. The van der Waals surface area contributed by atoms with E-state index in [1.54, 1.807) is 6.08 Å². The van der Waals surface area contributed by atoms with Gasteiger partial charge in [-0.1, -0.05) is 42.5 Å². The van der Waals surface area contributed by atoms with Crippen LogP contribution in [-0.2, 0) is 13.8 Å². The van der Waals surface area contributed by atoms with Crippen molar-refractivity contribution in [3.05, 3.63) is 42.0 Å². The first-order chi connectivity index (χ1) is 8.39. The van der Waals surface area contributed by atoms with Crippen LogP contribution in [0.3, 0.4) is 0 Å². The van der Waals surface area contributed by atoms with E-state index in [2.05, 4.69) is 5.32 Å². The minimum atomic E-state index is -3.76. The molecule has 0 fully saturated rings. The zero-order valence-corrected chi connectivity index (χ0v) is 11.4. The van der Waals surface area contributed by atoms with E-state index in [0.29, 0.717) is 0 Å². The van der Waals surface area contributed by atoms with Crippen molar-refractivity contribution in [2.75, 3.05) is 6.54 Å². The van der Waals surface area contributed by atoms with E-state index in [0.717, 1.165) is 5.56 Å². The molecule has 1 amide bonds. The Morgan fingerprint density at radius 1 is 1.39 bits per heavy atom. The number of halogens is 1. The van der Waals surface area contributed by atoms with E-state index in [1.807, 2.05) is 30.3 Å². The molecule has 0 aliphatic heterocycles. The van der Waals surface area contributed by atoms with Crippen LogP contribution in [0.4, 0.5) is 0 Å². The Hall–Kier alpha value is -1.33. The summed E-state index contributed by atoms with van der Waals surface area (Å²) in [7, 11) is 1.56. The fourth-order valence-corrected chi connectivity index (χ4v) is 2.20. The van der Waals surface area contributed by atoms with E-state index in [-0.39, 0.29) is 12.5 Å². The molecule has 0 spiro atoms. The summed E-state index contributed by atoms with van der Waals surface area (Å²) in [5, 5.41) is 1.49. The monoisotopic (exact) mass is 287 g/mol. The van der Waals surface area contributed by atoms with Crippen LogP contribution in [-0.4, -0.2) is 26.1 Å². The molecule has 1 N–H and O–H groups in total. The van der Waals surface area contributed by atoms with Crippen molar-refractivity contribution in [3.63, 3.8) is 0 Å². The molecule has 1 unspecified atom stereocenters. The van der Waals surface area contributed by atoms with Crippen molar-refractivity contribution >= 4 is 31.7 Å². The molecule has 18 heavy (non-hydrogen) atoms. The maximum absolute atomic E-state index is 11.3. The molecule has 0 saturated carbocycles. The van der Waals surface area contributed by atoms with Crippen LogP contribution in [0.5, 0.6) is 0 Å². The van der Waals surface area contributed by atoms with Gasteiger partial charge < -0.3 is 5.32 Å². The zero-order chi connectivity index (χ0) is 13.6. The maximum atomic E-state index is 11.3. The van der Waals surface area contributed by atoms with E-state index in [9.17, 15) is 13.2 Å². The quantitative estimate of drug-likeness (QED) is 0.840.